The molecule has 0 amide bonds. The van der Waals surface area contributed by atoms with Crippen molar-refractivity contribution in [3.63, 3.8) is 0 Å². The first kappa shape index (κ1) is 14.0. The van der Waals surface area contributed by atoms with E-state index in [9.17, 15) is 8.42 Å². The van der Waals surface area contributed by atoms with Crippen LogP contribution in [-0.4, -0.2) is 32.1 Å². The van der Waals surface area contributed by atoms with E-state index >= 15 is 0 Å². The number of rotatable bonds is 1. The van der Waals surface area contributed by atoms with Gasteiger partial charge in [-0.05, 0) is 31.1 Å². The highest BCUT2D eigenvalue weighted by molar-refractivity contribution is 7.88. The number of hydrogen-bond acceptors (Lipinski definition) is 2. The van der Waals surface area contributed by atoms with Crippen LogP contribution in [0.1, 0.15) is 52.4 Å². The van der Waals surface area contributed by atoms with Crippen LogP contribution in [0.5, 0.6) is 0 Å². The minimum atomic E-state index is -3.00. The Kier molecular flexibility index (Phi) is 4.80. The summed E-state index contributed by atoms with van der Waals surface area (Å²) in [6.45, 7) is 5.99. The van der Waals surface area contributed by atoms with E-state index < -0.39 is 10.0 Å². The summed E-state index contributed by atoms with van der Waals surface area (Å²) in [5.74, 6) is 0. The molecule has 0 aliphatic carbocycles. The molecule has 0 N–H and O–H groups in total. The Labute approximate surface area is 100 Å². The van der Waals surface area contributed by atoms with Gasteiger partial charge in [-0.25, -0.2) is 12.7 Å². The molecule has 1 aliphatic rings. The molecule has 1 heterocycles. The molecule has 3 nitrogen and oxygen atoms in total. The van der Waals surface area contributed by atoms with Crippen molar-refractivity contribution < 1.29 is 8.42 Å². The van der Waals surface area contributed by atoms with Crippen LogP contribution in [0.25, 0.3) is 0 Å². The Hall–Kier alpha value is -0.0900. The smallest absolute Gasteiger partial charge is 0.211 e. The quantitative estimate of drug-likeness (QED) is 0.714. The van der Waals surface area contributed by atoms with Crippen molar-refractivity contribution in [2.45, 2.75) is 52.4 Å². The molecule has 0 unspecified atom stereocenters. The molecular formula is C12H25NO2S. The van der Waals surface area contributed by atoms with Gasteiger partial charge in [-0.1, -0.05) is 26.7 Å². The lowest BCUT2D eigenvalue weighted by molar-refractivity contribution is 0.258. The lowest BCUT2D eigenvalue weighted by atomic mass is 9.82. The SMILES string of the molecule is CC1(C)CCCCCN(S(C)(=O)=O)CCC1. The monoisotopic (exact) mass is 247 g/mol. The molecule has 0 aromatic rings. The van der Waals surface area contributed by atoms with E-state index in [1.54, 1.807) is 4.31 Å². The largest absolute Gasteiger partial charge is 0.213 e. The fraction of sp³-hybridized carbons (Fsp3) is 1.00. The van der Waals surface area contributed by atoms with Gasteiger partial charge < -0.3 is 0 Å². The van der Waals surface area contributed by atoms with Gasteiger partial charge in [-0.2, -0.15) is 0 Å². The normalized spacial score (nSPS) is 25.2. The van der Waals surface area contributed by atoms with Gasteiger partial charge in [0.25, 0.3) is 0 Å². The zero-order valence-electron chi connectivity index (χ0n) is 10.8. The van der Waals surface area contributed by atoms with Gasteiger partial charge in [0.1, 0.15) is 0 Å². The van der Waals surface area contributed by atoms with Gasteiger partial charge in [0.15, 0.2) is 0 Å². The summed E-state index contributed by atoms with van der Waals surface area (Å²) in [5.41, 5.74) is 0.376. The minimum absolute atomic E-state index is 0.376. The summed E-state index contributed by atoms with van der Waals surface area (Å²) in [6, 6.07) is 0. The summed E-state index contributed by atoms with van der Waals surface area (Å²) in [6.07, 6.45) is 8.08. The first-order valence-corrected chi connectivity index (χ1v) is 8.11. The second-order valence-electron chi connectivity index (χ2n) is 5.74. The Morgan fingerprint density at radius 1 is 0.938 bits per heavy atom. The lowest BCUT2D eigenvalue weighted by Gasteiger charge is -2.28. The molecule has 0 saturated carbocycles. The fourth-order valence-corrected chi connectivity index (χ4v) is 3.29. The van der Waals surface area contributed by atoms with E-state index in [1.165, 1.54) is 19.1 Å². The molecule has 1 saturated heterocycles. The molecule has 4 heteroatoms. The molecule has 1 fully saturated rings. The maximum Gasteiger partial charge on any atom is 0.211 e. The predicted molar refractivity (Wildman–Crippen MR) is 67.9 cm³/mol. The van der Waals surface area contributed by atoms with Crippen LogP contribution in [0.2, 0.25) is 0 Å². The first-order chi connectivity index (χ1) is 7.31. The number of nitrogens with zero attached hydrogens (tertiary/aromatic N) is 1. The summed E-state index contributed by atoms with van der Waals surface area (Å²) in [5, 5.41) is 0. The summed E-state index contributed by atoms with van der Waals surface area (Å²) >= 11 is 0. The molecule has 0 spiro atoms. The Morgan fingerprint density at radius 2 is 1.50 bits per heavy atom. The van der Waals surface area contributed by atoms with Crippen molar-refractivity contribution >= 4 is 10.0 Å². The van der Waals surface area contributed by atoms with E-state index in [1.807, 2.05) is 0 Å². The van der Waals surface area contributed by atoms with Crippen LogP contribution in [0.3, 0.4) is 0 Å². The number of sulfonamides is 1. The zero-order valence-corrected chi connectivity index (χ0v) is 11.6. The van der Waals surface area contributed by atoms with Crippen molar-refractivity contribution in [2.75, 3.05) is 19.3 Å². The third-order valence-electron chi connectivity index (χ3n) is 3.49. The summed E-state index contributed by atoms with van der Waals surface area (Å²) < 4.78 is 24.7. The molecule has 16 heavy (non-hydrogen) atoms. The predicted octanol–water partition coefficient (Wildman–Crippen LogP) is 2.63. The van der Waals surface area contributed by atoms with E-state index in [0.717, 1.165) is 25.7 Å². The van der Waals surface area contributed by atoms with Crippen molar-refractivity contribution in [1.82, 2.24) is 4.31 Å². The molecule has 1 aliphatic heterocycles. The standard InChI is InChI=1S/C12H25NO2S/c1-12(2)8-5-4-6-10-13(11-7-9-12)16(3,14)15/h4-11H2,1-3H3. The highest BCUT2D eigenvalue weighted by Crippen LogP contribution is 2.30. The molecule has 1 rings (SSSR count). The van der Waals surface area contributed by atoms with Crippen LogP contribution < -0.4 is 0 Å². The van der Waals surface area contributed by atoms with Crippen LogP contribution >= 0.6 is 0 Å². The van der Waals surface area contributed by atoms with E-state index in [-0.39, 0.29) is 0 Å². The van der Waals surface area contributed by atoms with E-state index in [2.05, 4.69) is 13.8 Å². The van der Waals surface area contributed by atoms with Gasteiger partial charge >= 0.3 is 0 Å². The summed E-state index contributed by atoms with van der Waals surface area (Å²) in [4.78, 5) is 0. The van der Waals surface area contributed by atoms with Gasteiger partial charge in [0.2, 0.25) is 10.0 Å². The third kappa shape index (κ3) is 4.83. The highest BCUT2D eigenvalue weighted by atomic mass is 32.2. The van der Waals surface area contributed by atoms with Crippen molar-refractivity contribution in [3.8, 4) is 0 Å². The average Bonchev–Trinajstić information content (AvgIpc) is 2.12. The third-order valence-corrected chi connectivity index (χ3v) is 4.79. The molecule has 0 radical (unpaired) electrons. The Morgan fingerprint density at radius 3 is 2.12 bits per heavy atom. The zero-order chi connectivity index (χ0) is 12.2. The fourth-order valence-electron chi connectivity index (χ4n) is 2.37. The highest BCUT2D eigenvalue weighted by Gasteiger charge is 2.21. The summed E-state index contributed by atoms with van der Waals surface area (Å²) in [7, 11) is -3.00. The maximum atomic E-state index is 11.5. The molecular weight excluding hydrogens is 222 g/mol. The average molecular weight is 247 g/mol. The van der Waals surface area contributed by atoms with Gasteiger partial charge in [-0.15, -0.1) is 0 Å². The van der Waals surface area contributed by atoms with Crippen LogP contribution in [0.4, 0.5) is 0 Å². The maximum absolute atomic E-state index is 11.5. The van der Waals surface area contributed by atoms with Gasteiger partial charge in [-0.3, -0.25) is 0 Å². The van der Waals surface area contributed by atoms with Crippen LogP contribution in [0.15, 0.2) is 0 Å². The number of hydrogen-bond donors (Lipinski definition) is 0. The van der Waals surface area contributed by atoms with Crippen molar-refractivity contribution in [1.29, 1.82) is 0 Å². The van der Waals surface area contributed by atoms with Crippen LogP contribution in [-0.2, 0) is 10.0 Å². The molecule has 0 atom stereocenters. The second-order valence-corrected chi connectivity index (χ2v) is 7.72. The van der Waals surface area contributed by atoms with E-state index in [4.69, 9.17) is 0 Å². The van der Waals surface area contributed by atoms with Gasteiger partial charge in [0.05, 0.1) is 6.26 Å². The first-order valence-electron chi connectivity index (χ1n) is 6.26. The molecule has 96 valence electrons. The topological polar surface area (TPSA) is 37.4 Å². The molecule has 0 aromatic heterocycles. The Balaban J connectivity index is 2.59. The Bertz CT molecular complexity index is 309. The van der Waals surface area contributed by atoms with Crippen LogP contribution in [0, 0.1) is 5.41 Å². The van der Waals surface area contributed by atoms with E-state index in [0.29, 0.717) is 18.5 Å². The van der Waals surface area contributed by atoms with Gasteiger partial charge in [0, 0.05) is 13.1 Å². The minimum Gasteiger partial charge on any atom is -0.213 e. The van der Waals surface area contributed by atoms with Crippen molar-refractivity contribution in [3.05, 3.63) is 0 Å². The van der Waals surface area contributed by atoms with Crippen molar-refractivity contribution in [2.24, 2.45) is 5.41 Å². The molecule has 0 bridgehead atoms. The molecule has 0 aromatic carbocycles. The second kappa shape index (κ2) is 5.50. The lowest BCUT2D eigenvalue weighted by Crippen LogP contribution is -2.33.